The van der Waals surface area contributed by atoms with E-state index < -0.39 is 10.0 Å². The maximum atomic E-state index is 12.8. The van der Waals surface area contributed by atoms with Crippen molar-refractivity contribution in [2.24, 2.45) is 0 Å². The molecule has 0 spiro atoms. The van der Waals surface area contributed by atoms with E-state index in [1.807, 2.05) is 31.2 Å². The van der Waals surface area contributed by atoms with Gasteiger partial charge in [-0.3, -0.25) is 4.72 Å². The van der Waals surface area contributed by atoms with Crippen LogP contribution in [-0.2, 0) is 10.0 Å². The molecule has 0 amide bonds. The SMILES string of the molecule is COc1ccc2nc(NS(=O)(=O)c3c(C)cc(C)cc3C)sc2c1. The average molecular weight is 362 g/mol. The molecule has 0 aliphatic heterocycles. The Hall–Kier alpha value is -2.12. The van der Waals surface area contributed by atoms with Crippen LogP contribution in [0.25, 0.3) is 10.2 Å². The Morgan fingerprint density at radius 3 is 2.38 bits per heavy atom. The fraction of sp³-hybridized carbons (Fsp3) is 0.235. The zero-order valence-corrected chi connectivity index (χ0v) is 15.5. The van der Waals surface area contributed by atoms with Crippen molar-refractivity contribution in [2.75, 3.05) is 11.8 Å². The van der Waals surface area contributed by atoms with Gasteiger partial charge in [0.2, 0.25) is 0 Å². The third-order valence-electron chi connectivity index (χ3n) is 3.69. The van der Waals surface area contributed by atoms with Crippen LogP contribution in [0.4, 0.5) is 5.13 Å². The molecule has 0 unspecified atom stereocenters. The van der Waals surface area contributed by atoms with Crippen molar-refractivity contribution < 1.29 is 13.2 Å². The molecular formula is C17H18N2O3S2. The van der Waals surface area contributed by atoms with Crippen LogP contribution < -0.4 is 9.46 Å². The van der Waals surface area contributed by atoms with Gasteiger partial charge in [0, 0.05) is 0 Å². The van der Waals surface area contributed by atoms with Gasteiger partial charge in [0.1, 0.15) is 5.75 Å². The number of benzene rings is 2. The van der Waals surface area contributed by atoms with E-state index in [0.717, 1.165) is 26.9 Å². The zero-order chi connectivity index (χ0) is 17.5. The first-order valence-electron chi connectivity index (χ1n) is 7.35. The predicted molar refractivity (Wildman–Crippen MR) is 97.6 cm³/mol. The monoisotopic (exact) mass is 362 g/mol. The smallest absolute Gasteiger partial charge is 0.264 e. The molecule has 0 aliphatic rings. The molecule has 2 aromatic carbocycles. The number of aryl methyl sites for hydroxylation is 3. The summed E-state index contributed by atoms with van der Waals surface area (Å²) in [5, 5.41) is 0.345. The van der Waals surface area contributed by atoms with Crippen LogP contribution >= 0.6 is 11.3 Å². The Bertz CT molecular complexity index is 1000. The molecule has 1 N–H and O–H groups in total. The van der Waals surface area contributed by atoms with Crippen LogP contribution in [0.15, 0.2) is 35.2 Å². The van der Waals surface area contributed by atoms with Gasteiger partial charge >= 0.3 is 0 Å². The van der Waals surface area contributed by atoms with Crippen LogP contribution in [0.5, 0.6) is 5.75 Å². The van der Waals surface area contributed by atoms with Crippen LogP contribution in [0.1, 0.15) is 16.7 Å². The second kappa shape index (κ2) is 6.07. The van der Waals surface area contributed by atoms with E-state index in [1.165, 1.54) is 11.3 Å². The van der Waals surface area contributed by atoms with Crippen molar-refractivity contribution in [1.82, 2.24) is 4.98 Å². The number of fused-ring (bicyclic) bond motifs is 1. The van der Waals surface area contributed by atoms with Gasteiger partial charge in [-0.25, -0.2) is 13.4 Å². The Labute approximate surface area is 145 Å². The van der Waals surface area contributed by atoms with E-state index in [2.05, 4.69) is 9.71 Å². The molecule has 0 saturated heterocycles. The van der Waals surface area contributed by atoms with E-state index in [9.17, 15) is 8.42 Å². The molecule has 1 heterocycles. The average Bonchev–Trinajstić information content (AvgIpc) is 2.85. The number of hydrogen-bond acceptors (Lipinski definition) is 5. The minimum Gasteiger partial charge on any atom is -0.497 e. The number of aromatic nitrogens is 1. The summed E-state index contributed by atoms with van der Waals surface area (Å²) < 4.78 is 34.2. The summed E-state index contributed by atoms with van der Waals surface area (Å²) in [5.41, 5.74) is 3.22. The third kappa shape index (κ3) is 3.09. The molecule has 0 saturated carbocycles. The van der Waals surface area contributed by atoms with Crippen molar-refractivity contribution in [3.05, 3.63) is 47.0 Å². The second-order valence-corrected chi connectivity index (χ2v) is 8.34. The van der Waals surface area contributed by atoms with Gasteiger partial charge in [-0.1, -0.05) is 29.0 Å². The third-order valence-corrected chi connectivity index (χ3v) is 6.40. The lowest BCUT2D eigenvalue weighted by atomic mass is 10.1. The number of sulfonamides is 1. The lowest BCUT2D eigenvalue weighted by Gasteiger charge is -2.12. The summed E-state index contributed by atoms with van der Waals surface area (Å²) in [5.74, 6) is 0.714. The molecule has 0 fully saturated rings. The summed E-state index contributed by atoms with van der Waals surface area (Å²) in [4.78, 5) is 4.66. The van der Waals surface area contributed by atoms with Gasteiger partial charge in [-0.05, 0) is 50.1 Å². The summed E-state index contributed by atoms with van der Waals surface area (Å²) in [7, 11) is -2.10. The number of rotatable bonds is 4. The maximum Gasteiger partial charge on any atom is 0.264 e. The highest BCUT2D eigenvalue weighted by Gasteiger charge is 2.21. The molecule has 0 atom stereocenters. The molecule has 126 valence electrons. The lowest BCUT2D eigenvalue weighted by molar-refractivity contribution is 0.415. The van der Waals surface area contributed by atoms with Crippen molar-refractivity contribution in [3.8, 4) is 5.75 Å². The van der Waals surface area contributed by atoms with Crippen molar-refractivity contribution >= 4 is 36.7 Å². The van der Waals surface area contributed by atoms with Crippen LogP contribution in [0.2, 0.25) is 0 Å². The predicted octanol–water partition coefficient (Wildman–Crippen LogP) is 4.03. The molecule has 24 heavy (non-hydrogen) atoms. The van der Waals surface area contributed by atoms with Crippen LogP contribution in [0, 0.1) is 20.8 Å². The van der Waals surface area contributed by atoms with Gasteiger partial charge < -0.3 is 4.74 Å². The maximum absolute atomic E-state index is 12.8. The molecule has 0 aliphatic carbocycles. The fourth-order valence-corrected chi connectivity index (χ4v) is 5.42. The molecule has 0 radical (unpaired) electrons. The normalized spacial score (nSPS) is 11.7. The highest BCUT2D eigenvalue weighted by Crippen LogP contribution is 2.31. The molecule has 1 aromatic heterocycles. The molecule has 3 rings (SSSR count). The van der Waals surface area contributed by atoms with E-state index in [4.69, 9.17) is 4.74 Å². The highest BCUT2D eigenvalue weighted by atomic mass is 32.2. The number of ether oxygens (including phenoxy) is 1. The van der Waals surface area contributed by atoms with Gasteiger partial charge in [-0.2, -0.15) is 0 Å². The largest absolute Gasteiger partial charge is 0.497 e. The van der Waals surface area contributed by atoms with Gasteiger partial charge in [0.25, 0.3) is 10.0 Å². The zero-order valence-electron chi connectivity index (χ0n) is 13.9. The van der Waals surface area contributed by atoms with Gasteiger partial charge in [-0.15, -0.1) is 0 Å². The molecule has 0 bridgehead atoms. The Balaban J connectivity index is 2.01. The topological polar surface area (TPSA) is 68.3 Å². The van der Waals surface area contributed by atoms with Gasteiger partial charge in [0.15, 0.2) is 5.13 Å². The number of thiazole rings is 1. The Morgan fingerprint density at radius 1 is 1.08 bits per heavy atom. The first-order valence-corrected chi connectivity index (χ1v) is 9.65. The summed E-state index contributed by atoms with van der Waals surface area (Å²) >= 11 is 1.28. The minimum absolute atomic E-state index is 0.310. The Kier molecular flexibility index (Phi) is 4.23. The molecular weight excluding hydrogens is 344 g/mol. The standard InChI is InChI=1S/C17H18N2O3S2/c1-10-7-11(2)16(12(3)8-10)24(20,21)19-17-18-14-6-5-13(22-4)9-15(14)23-17/h5-9H,1-4H3,(H,18,19). The first kappa shape index (κ1) is 16.7. The van der Waals surface area contributed by atoms with E-state index in [1.54, 1.807) is 27.0 Å². The first-order chi connectivity index (χ1) is 11.3. The van der Waals surface area contributed by atoms with Gasteiger partial charge in [0.05, 0.1) is 22.2 Å². The molecule has 7 heteroatoms. The second-order valence-electron chi connectivity index (χ2n) is 5.69. The Morgan fingerprint density at radius 2 is 1.75 bits per heavy atom. The van der Waals surface area contributed by atoms with Crippen LogP contribution in [-0.4, -0.2) is 20.5 Å². The minimum atomic E-state index is -3.69. The summed E-state index contributed by atoms with van der Waals surface area (Å²) in [6.45, 7) is 5.56. The number of nitrogens with zero attached hydrogens (tertiary/aromatic N) is 1. The van der Waals surface area contributed by atoms with Crippen molar-refractivity contribution in [3.63, 3.8) is 0 Å². The van der Waals surface area contributed by atoms with Crippen molar-refractivity contribution in [1.29, 1.82) is 0 Å². The summed E-state index contributed by atoms with van der Waals surface area (Å²) in [6, 6.07) is 9.18. The van der Waals surface area contributed by atoms with E-state index in [0.29, 0.717) is 15.8 Å². The lowest BCUT2D eigenvalue weighted by Crippen LogP contribution is -2.15. The van der Waals surface area contributed by atoms with E-state index >= 15 is 0 Å². The number of hydrogen-bond donors (Lipinski definition) is 1. The highest BCUT2D eigenvalue weighted by molar-refractivity contribution is 7.93. The van der Waals surface area contributed by atoms with E-state index in [-0.39, 0.29) is 0 Å². The number of methoxy groups -OCH3 is 1. The van der Waals surface area contributed by atoms with Crippen LogP contribution in [0.3, 0.4) is 0 Å². The number of anilines is 1. The molecule has 5 nitrogen and oxygen atoms in total. The molecule has 3 aromatic rings. The number of nitrogens with one attached hydrogen (secondary N) is 1. The quantitative estimate of drug-likeness (QED) is 0.761. The summed E-state index contributed by atoms with van der Waals surface area (Å²) in [6.07, 6.45) is 0. The van der Waals surface area contributed by atoms with Crippen molar-refractivity contribution in [2.45, 2.75) is 25.7 Å². The fourth-order valence-electron chi connectivity index (χ4n) is 2.83.